The quantitative estimate of drug-likeness (QED) is 0.581. The highest BCUT2D eigenvalue weighted by Gasteiger charge is 1.97. The molecule has 3 heteroatoms. The molecule has 72 valence electrons. The molecule has 0 aliphatic rings. The van der Waals surface area contributed by atoms with E-state index >= 15 is 0 Å². The van der Waals surface area contributed by atoms with Gasteiger partial charge in [-0.1, -0.05) is 13.8 Å². The number of amides is 1. The molecule has 0 aromatic carbocycles. The maximum Gasteiger partial charge on any atom is 0.219 e. The molecule has 0 radical (unpaired) electrons. The first-order valence-electron chi connectivity index (χ1n) is 4.58. The third kappa shape index (κ3) is 7.54. The van der Waals surface area contributed by atoms with Crippen molar-refractivity contribution in [1.82, 2.24) is 10.6 Å². The average molecular weight is 172 g/mol. The largest absolute Gasteiger partial charge is 0.359 e. The van der Waals surface area contributed by atoms with Crippen LogP contribution in [0.5, 0.6) is 0 Å². The van der Waals surface area contributed by atoms with Crippen molar-refractivity contribution in [3.05, 3.63) is 0 Å². The normalized spacial score (nSPS) is 10.3. The van der Waals surface area contributed by atoms with Crippen LogP contribution in [0.1, 0.15) is 26.7 Å². The maximum absolute atomic E-state index is 10.8. The van der Waals surface area contributed by atoms with Gasteiger partial charge in [-0.25, -0.2) is 0 Å². The summed E-state index contributed by atoms with van der Waals surface area (Å²) < 4.78 is 0. The molecule has 0 aliphatic carbocycles. The standard InChI is InChI=1S/C9H20N2O/c1-8(2)7-11-6-4-5-9(12)10-3/h8,11H,4-7H2,1-3H3,(H,10,12). The Kier molecular flexibility index (Phi) is 6.76. The highest BCUT2D eigenvalue weighted by Crippen LogP contribution is 1.89. The highest BCUT2D eigenvalue weighted by molar-refractivity contribution is 5.75. The average Bonchev–Trinajstić information content (AvgIpc) is 2.03. The van der Waals surface area contributed by atoms with Gasteiger partial charge in [0.05, 0.1) is 0 Å². The smallest absolute Gasteiger partial charge is 0.219 e. The van der Waals surface area contributed by atoms with Gasteiger partial charge in [-0.05, 0) is 25.4 Å². The Labute approximate surface area is 74.9 Å². The molecule has 0 bridgehead atoms. The Morgan fingerprint density at radius 1 is 1.42 bits per heavy atom. The van der Waals surface area contributed by atoms with Gasteiger partial charge >= 0.3 is 0 Å². The minimum absolute atomic E-state index is 0.126. The Balaban J connectivity index is 3.05. The monoisotopic (exact) mass is 172 g/mol. The SMILES string of the molecule is CNC(=O)CCCNCC(C)C. The molecule has 0 aliphatic heterocycles. The summed E-state index contributed by atoms with van der Waals surface area (Å²) in [6.45, 7) is 6.32. The fourth-order valence-electron chi connectivity index (χ4n) is 0.890. The van der Waals surface area contributed by atoms with Crippen molar-refractivity contribution in [2.24, 2.45) is 5.92 Å². The van der Waals surface area contributed by atoms with Gasteiger partial charge in [0.15, 0.2) is 0 Å². The van der Waals surface area contributed by atoms with Crippen molar-refractivity contribution in [2.75, 3.05) is 20.1 Å². The van der Waals surface area contributed by atoms with Crippen LogP contribution in [-0.2, 0) is 4.79 Å². The predicted octanol–water partition coefficient (Wildman–Crippen LogP) is 0.758. The van der Waals surface area contributed by atoms with Gasteiger partial charge < -0.3 is 10.6 Å². The molecular weight excluding hydrogens is 152 g/mol. The molecule has 0 unspecified atom stereocenters. The first kappa shape index (κ1) is 11.4. The summed E-state index contributed by atoms with van der Waals surface area (Å²) in [4.78, 5) is 10.8. The summed E-state index contributed by atoms with van der Waals surface area (Å²) in [7, 11) is 1.67. The van der Waals surface area contributed by atoms with Crippen LogP contribution >= 0.6 is 0 Å². The van der Waals surface area contributed by atoms with Crippen LogP contribution in [0.2, 0.25) is 0 Å². The lowest BCUT2D eigenvalue weighted by Crippen LogP contribution is -2.23. The van der Waals surface area contributed by atoms with E-state index in [0.29, 0.717) is 12.3 Å². The minimum Gasteiger partial charge on any atom is -0.359 e. The van der Waals surface area contributed by atoms with Gasteiger partial charge in [-0.2, -0.15) is 0 Å². The van der Waals surface area contributed by atoms with Gasteiger partial charge in [0, 0.05) is 13.5 Å². The first-order chi connectivity index (χ1) is 5.66. The molecule has 2 N–H and O–H groups in total. The van der Waals surface area contributed by atoms with Crippen LogP contribution < -0.4 is 10.6 Å². The molecule has 0 heterocycles. The van der Waals surface area contributed by atoms with Gasteiger partial charge in [0.25, 0.3) is 0 Å². The Morgan fingerprint density at radius 3 is 2.58 bits per heavy atom. The molecule has 0 aromatic rings. The number of carbonyl (C=O) groups is 1. The van der Waals surface area contributed by atoms with Crippen molar-refractivity contribution < 1.29 is 4.79 Å². The van der Waals surface area contributed by atoms with Crippen molar-refractivity contribution >= 4 is 5.91 Å². The van der Waals surface area contributed by atoms with Crippen LogP contribution in [0.3, 0.4) is 0 Å². The molecule has 1 amide bonds. The van der Waals surface area contributed by atoms with Gasteiger partial charge in [-0.3, -0.25) is 4.79 Å². The lowest BCUT2D eigenvalue weighted by Gasteiger charge is -2.06. The van der Waals surface area contributed by atoms with E-state index in [2.05, 4.69) is 24.5 Å². The molecule has 0 atom stereocenters. The van der Waals surface area contributed by atoms with Gasteiger partial charge in [-0.15, -0.1) is 0 Å². The topological polar surface area (TPSA) is 41.1 Å². The van der Waals surface area contributed by atoms with Crippen molar-refractivity contribution in [2.45, 2.75) is 26.7 Å². The second-order valence-electron chi connectivity index (χ2n) is 3.37. The maximum atomic E-state index is 10.8. The lowest BCUT2D eigenvalue weighted by atomic mass is 10.2. The van der Waals surface area contributed by atoms with E-state index in [1.165, 1.54) is 0 Å². The molecular formula is C9H20N2O. The molecule has 0 aromatic heterocycles. The first-order valence-corrected chi connectivity index (χ1v) is 4.58. The number of nitrogens with one attached hydrogen (secondary N) is 2. The predicted molar refractivity (Wildman–Crippen MR) is 51.0 cm³/mol. The van der Waals surface area contributed by atoms with Gasteiger partial charge in [0.1, 0.15) is 0 Å². The second-order valence-corrected chi connectivity index (χ2v) is 3.37. The van der Waals surface area contributed by atoms with E-state index in [1.807, 2.05) is 0 Å². The van der Waals surface area contributed by atoms with E-state index in [1.54, 1.807) is 7.05 Å². The van der Waals surface area contributed by atoms with Gasteiger partial charge in [0.2, 0.25) is 5.91 Å². The Hall–Kier alpha value is -0.570. The van der Waals surface area contributed by atoms with E-state index < -0.39 is 0 Å². The molecule has 12 heavy (non-hydrogen) atoms. The van der Waals surface area contributed by atoms with Crippen molar-refractivity contribution in [3.63, 3.8) is 0 Å². The zero-order chi connectivity index (χ0) is 9.40. The third-order valence-electron chi connectivity index (χ3n) is 1.59. The van der Waals surface area contributed by atoms with Crippen LogP contribution in [-0.4, -0.2) is 26.0 Å². The number of carbonyl (C=O) groups excluding carboxylic acids is 1. The van der Waals surface area contributed by atoms with Crippen LogP contribution in [0, 0.1) is 5.92 Å². The second kappa shape index (κ2) is 7.10. The van der Waals surface area contributed by atoms with E-state index in [-0.39, 0.29) is 5.91 Å². The van der Waals surface area contributed by atoms with E-state index in [4.69, 9.17) is 0 Å². The van der Waals surface area contributed by atoms with Crippen molar-refractivity contribution in [3.8, 4) is 0 Å². The molecule has 3 nitrogen and oxygen atoms in total. The molecule has 0 spiro atoms. The number of hydrogen-bond acceptors (Lipinski definition) is 2. The van der Waals surface area contributed by atoms with Crippen molar-refractivity contribution in [1.29, 1.82) is 0 Å². The third-order valence-corrected chi connectivity index (χ3v) is 1.59. The summed E-state index contributed by atoms with van der Waals surface area (Å²) in [6, 6.07) is 0. The molecule has 0 saturated carbocycles. The van der Waals surface area contributed by atoms with E-state index in [0.717, 1.165) is 19.5 Å². The Morgan fingerprint density at radius 2 is 2.08 bits per heavy atom. The summed E-state index contributed by atoms with van der Waals surface area (Å²) >= 11 is 0. The zero-order valence-corrected chi connectivity index (χ0v) is 8.31. The summed E-state index contributed by atoms with van der Waals surface area (Å²) in [5.41, 5.74) is 0. The van der Waals surface area contributed by atoms with Crippen LogP contribution in [0.4, 0.5) is 0 Å². The fourth-order valence-corrected chi connectivity index (χ4v) is 0.890. The lowest BCUT2D eigenvalue weighted by molar-refractivity contribution is -0.120. The fraction of sp³-hybridized carbons (Fsp3) is 0.889. The number of rotatable bonds is 6. The minimum atomic E-state index is 0.126. The summed E-state index contributed by atoms with van der Waals surface area (Å²) in [5, 5.41) is 5.88. The Bertz CT molecular complexity index is 124. The summed E-state index contributed by atoms with van der Waals surface area (Å²) in [5.74, 6) is 0.811. The summed E-state index contributed by atoms with van der Waals surface area (Å²) in [6.07, 6.45) is 1.55. The van der Waals surface area contributed by atoms with Crippen LogP contribution in [0.25, 0.3) is 0 Å². The highest BCUT2D eigenvalue weighted by atomic mass is 16.1. The van der Waals surface area contributed by atoms with E-state index in [9.17, 15) is 4.79 Å². The molecule has 0 fully saturated rings. The molecule has 0 saturated heterocycles. The van der Waals surface area contributed by atoms with Crippen LogP contribution in [0.15, 0.2) is 0 Å². The number of hydrogen-bond donors (Lipinski definition) is 2. The molecule has 0 rings (SSSR count). The zero-order valence-electron chi connectivity index (χ0n) is 8.31.